The first-order chi connectivity index (χ1) is 8.75. The van der Waals surface area contributed by atoms with Crippen molar-refractivity contribution >= 4 is 11.7 Å². The quantitative estimate of drug-likeness (QED) is 0.773. The van der Waals surface area contributed by atoms with E-state index >= 15 is 0 Å². The zero-order valence-electron chi connectivity index (χ0n) is 9.89. The fourth-order valence-electron chi connectivity index (χ4n) is 1.94. The predicted octanol–water partition coefficient (Wildman–Crippen LogP) is 0.534. The zero-order chi connectivity index (χ0) is 12.5. The van der Waals surface area contributed by atoms with Crippen molar-refractivity contribution in [3.63, 3.8) is 0 Å². The topological polar surface area (TPSA) is 67.2 Å². The van der Waals surface area contributed by atoms with Gasteiger partial charge >= 0.3 is 6.03 Å². The van der Waals surface area contributed by atoms with Crippen LogP contribution in [0.3, 0.4) is 0 Å². The van der Waals surface area contributed by atoms with E-state index in [-0.39, 0.29) is 6.03 Å². The Bertz CT molecular complexity index is 549. The van der Waals surface area contributed by atoms with Crippen LogP contribution >= 0.6 is 0 Å². The molecule has 2 amide bonds. The normalized spacial score (nSPS) is 15.5. The minimum Gasteiger partial charge on any atom is -0.326 e. The third kappa shape index (κ3) is 1.69. The van der Waals surface area contributed by atoms with Gasteiger partial charge in [0, 0.05) is 25.8 Å². The molecule has 1 aromatic carbocycles. The van der Waals surface area contributed by atoms with Crippen molar-refractivity contribution in [2.24, 2.45) is 0 Å². The van der Waals surface area contributed by atoms with Gasteiger partial charge in [-0.05, 0) is 29.5 Å². The lowest BCUT2D eigenvalue weighted by molar-refractivity contribution is 0.229. The minimum absolute atomic E-state index is 0.0293. The van der Waals surface area contributed by atoms with Gasteiger partial charge in [0.1, 0.15) is 0 Å². The van der Waals surface area contributed by atoms with Crippen LogP contribution in [-0.2, 0) is 0 Å². The molecule has 7 heteroatoms. The Kier molecular flexibility index (Phi) is 2.44. The second-order valence-corrected chi connectivity index (χ2v) is 4.10. The number of benzene rings is 1. The summed E-state index contributed by atoms with van der Waals surface area (Å²) in [6, 6.07) is 7.53. The number of anilines is 1. The second kappa shape index (κ2) is 4.10. The van der Waals surface area contributed by atoms with Crippen LogP contribution < -0.4 is 4.90 Å². The number of amides is 2. The number of hydrogen-bond acceptors (Lipinski definition) is 4. The molecule has 7 nitrogen and oxygen atoms in total. The summed E-state index contributed by atoms with van der Waals surface area (Å²) in [6.45, 7) is 1.47. The van der Waals surface area contributed by atoms with Gasteiger partial charge in [0.2, 0.25) is 0 Å². The number of aromatic nitrogens is 4. The maximum absolute atomic E-state index is 11.8. The number of nitrogens with zero attached hydrogens (tertiary/aromatic N) is 6. The molecule has 2 heterocycles. The van der Waals surface area contributed by atoms with Crippen molar-refractivity contribution in [2.75, 3.05) is 25.0 Å². The summed E-state index contributed by atoms with van der Waals surface area (Å²) in [5, 5.41) is 11.4. The van der Waals surface area contributed by atoms with Gasteiger partial charge in [0.25, 0.3) is 0 Å². The van der Waals surface area contributed by atoms with E-state index in [9.17, 15) is 4.79 Å². The first-order valence-electron chi connectivity index (χ1n) is 5.62. The van der Waals surface area contributed by atoms with Crippen LogP contribution in [0.1, 0.15) is 0 Å². The highest BCUT2D eigenvalue weighted by atomic mass is 16.2. The predicted molar refractivity (Wildman–Crippen MR) is 64.5 cm³/mol. The second-order valence-electron chi connectivity index (χ2n) is 4.10. The van der Waals surface area contributed by atoms with Crippen molar-refractivity contribution in [3.8, 4) is 5.69 Å². The Morgan fingerprint density at radius 1 is 1.11 bits per heavy atom. The molecular weight excluding hydrogens is 232 g/mol. The molecule has 1 aromatic heterocycles. The van der Waals surface area contributed by atoms with Crippen LogP contribution in [0.25, 0.3) is 5.69 Å². The third-order valence-electron chi connectivity index (χ3n) is 2.96. The lowest BCUT2D eigenvalue weighted by Gasteiger charge is -2.16. The average molecular weight is 244 g/mol. The monoisotopic (exact) mass is 244 g/mol. The molecule has 0 aliphatic carbocycles. The molecule has 1 aliphatic heterocycles. The van der Waals surface area contributed by atoms with Gasteiger partial charge < -0.3 is 4.90 Å². The fraction of sp³-hybridized carbons (Fsp3) is 0.273. The van der Waals surface area contributed by atoms with Crippen LogP contribution in [0, 0.1) is 0 Å². The number of urea groups is 1. The molecule has 1 saturated heterocycles. The van der Waals surface area contributed by atoms with Gasteiger partial charge in [-0.25, -0.2) is 4.79 Å². The standard InChI is InChI=1S/C11H12N6O/c1-15-6-7-16(11(15)18)9-2-4-10(5-3-9)17-13-8-12-14-17/h2-5,8H,6-7H2,1H3. The summed E-state index contributed by atoms with van der Waals surface area (Å²) in [5.74, 6) is 0. The highest BCUT2D eigenvalue weighted by Crippen LogP contribution is 2.20. The fourth-order valence-corrected chi connectivity index (χ4v) is 1.94. The molecule has 1 aliphatic rings. The SMILES string of the molecule is CN1CCN(c2ccc(-n3ncnn3)cc2)C1=O. The molecule has 0 saturated carbocycles. The molecule has 0 bridgehead atoms. The lowest BCUT2D eigenvalue weighted by Crippen LogP contribution is -2.29. The Balaban J connectivity index is 1.86. The van der Waals surface area contributed by atoms with E-state index < -0.39 is 0 Å². The first-order valence-corrected chi connectivity index (χ1v) is 5.62. The summed E-state index contributed by atoms with van der Waals surface area (Å²) in [6.07, 6.45) is 1.38. The largest absolute Gasteiger partial charge is 0.326 e. The summed E-state index contributed by atoms with van der Waals surface area (Å²) >= 11 is 0. The summed E-state index contributed by atoms with van der Waals surface area (Å²) in [5.41, 5.74) is 1.70. The minimum atomic E-state index is 0.0293. The van der Waals surface area contributed by atoms with Crippen LogP contribution in [0.4, 0.5) is 10.5 Å². The highest BCUT2D eigenvalue weighted by Gasteiger charge is 2.26. The molecule has 0 unspecified atom stereocenters. The maximum Gasteiger partial charge on any atom is 0.324 e. The van der Waals surface area contributed by atoms with E-state index in [1.54, 1.807) is 16.8 Å². The first kappa shape index (κ1) is 10.7. The van der Waals surface area contributed by atoms with Crippen LogP contribution in [-0.4, -0.2) is 51.3 Å². The maximum atomic E-state index is 11.8. The van der Waals surface area contributed by atoms with Crippen molar-refractivity contribution in [2.45, 2.75) is 0 Å². The summed E-state index contributed by atoms with van der Waals surface area (Å²) in [4.78, 5) is 16.7. The van der Waals surface area contributed by atoms with Crippen molar-refractivity contribution in [1.29, 1.82) is 0 Å². The Morgan fingerprint density at radius 2 is 1.83 bits per heavy atom. The smallest absolute Gasteiger partial charge is 0.324 e. The van der Waals surface area contributed by atoms with Crippen LogP contribution in [0.5, 0.6) is 0 Å². The zero-order valence-corrected chi connectivity index (χ0v) is 9.89. The Morgan fingerprint density at radius 3 is 2.39 bits per heavy atom. The van der Waals surface area contributed by atoms with E-state index in [2.05, 4.69) is 15.4 Å². The van der Waals surface area contributed by atoms with Gasteiger partial charge in [-0.15, -0.1) is 15.0 Å². The van der Waals surface area contributed by atoms with E-state index in [0.717, 1.165) is 24.5 Å². The van der Waals surface area contributed by atoms with E-state index in [0.29, 0.717) is 0 Å². The number of rotatable bonds is 2. The van der Waals surface area contributed by atoms with Gasteiger partial charge in [-0.3, -0.25) is 4.90 Å². The lowest BCUT2D eigenvalue weighted by atomic mass is 10.2. The van der Waals surface area contributed by atoms with Gasteiger partial charge in [-0.1, -0.05) is 0 Å². The summed E-state index contributed by atoms with van der Waals surface area (Å²) in [7, 11) is 1.80. The molecule has 0 atom stereocenters. The molecule has 2 aromatic rings. The molecule has 92 valence electrons. The Labute approximate surface area is 104 Å². The van der Waals surface area contributed by atoms with Gasteiger partial charge in [-0.2, -0.15) is 0 Å². The number of hydrogen-bond donors (Lipinski definition) is 0. The van der Waals surface area contributed by atoms with Crippen molar-refractivity contribution in [3.05, 3.63) is 30.6 Å². The number of likely N-dealkylation sites (N-methyl/N-ethyl adjacent to an activating group) is 1. The molecule has 0 N–H and O–H groups in total. The van der Waals surface area contributed by atoms with Crippen LogP contribution in [0.2, 0.25) is 0 Å². The molecule has 0 spiro atoms. The molecule has 3 rings (SSSR count). The van der Waals surface area contributed by atoms with Crippen molar-refractivity contribution in [1.82, 2.24) is 25.1 Å². The van der Waals surface area contributed by atoms with Crippen LogP contribution in [0.15, 0.2) is 30.6 Å². The van der Waals surface area contributed by atoms with E-state index in [1.807, 2.05) is 24.3 Å². The average Bonchev–Trinajstić information content (AvgIpc) is 3.02. The van der Waals surface area contributed by atoms with E-state index in [1.165, 1.54) is 11.1 Å². The van der Waals surface area contributed by atoms with E-state index in [4.69, 9.17) is 0 Å². The summed E-state index contributed by atoms with van der Waals surface area (Å²) < 4.78 is 0. The van der Waals surface area contributed by atoms with Gasteiger partial charge in [0.05, 0.1) is 5.69 Å². The van der Waals surface area contributed by atoms with Crippen molar-refractivity contribution < 1.29 is 4.79 Å². The Hall–Kier alpha value is -2.44. The number of carbonyl (C=O) groups excluding carboxylic acids is 1. The third-order valence-corrected chi connectivity index (χ3v) is 2.96. The molecular formula is C11H12N6O. The molecule has 0 radical (unpaired) electrons. The van der Waals surface area contributed by atoms with Gasteiger partial charge in [0.15, 0.2) is 6.33 Å². The molecule has 18 heavy (non-hydrogen) atoms. The number of carbonyl (C=O) groups is 1. The molecule has 1 fully saturated rings. The highest BCUT2D eigenvalue weighted by molar-refractivity contribution is 5.93. The number of tetrazole rings is 1.